The normalized spacial score (nSPS) is 51.7. The number of hydrogen-bond donors (Lipinski definition) is 4. The molecule has 4 N–H and O–H groups in total. The Balaban J connectivity index is 1.56. The Morgan fingerprint density at radius 1 is 0.970 bits per heavy atom. The van der Waals surface area contributed by atoms with E-state index in [1.807, 2.05) is 6.92 Å². The fourth-order valence-corrected chi connectivity index (χ4v) is 9.07. The first-order chi connectivity index (χ1) is 15.6. The van der Waals surface area contributed by atoms with E-state index < -0.39 is 24.4 Å². The van der Waals surface area contributed by atoms with Crippen molar-refractivity contribution in [3.8, 4) is 0 Å². The van der Waals surface area contributed by atoms with Crippen LogP contribution in [0.4, 0.5) is 0 Å². The van der Waals surface area contributed by atoms with Crippen molar-refractivity contribution < 1.29 is 26.6 Å². The first-order valence-corrected chi connectivity index (χ1v) is 13.4. The molecule has 0 aliphatic heterocycles. The van der Waals surface area contributed by atoms with Crippen molar-refractivity contribution in [3.05, 3.63) is 0 Å². The Hall–Kier alpha value is -0.490. The summed E-state index contributed by atoms with van der Waals surface area (Å²) in [5.74, 6) is 1.38. The van der Waals surface area contributed by atoms with Crippen molar-refractivity contribution in [2.45, 2.75) is 111 Å². The van der Waals surface area contributed by atoms with E-state index in [-0.39, 0.29) is 46.7 Å². The topological polar surface area (TPSA) is 98.0 Å². The van der Waals surface area contributed by atoms with Gasteiger partial charge in [-0.1, -0.05) is 41.5 Å². The lowest BCUT2D eigenvalue weighted by Crippen LogP contribution is -2.59. The number of aliphatic hydroxyl groups excluding tert-OH is 3. The van der Waals surface area contributed by atoms with Gasteiger partial charge in [-0.2, -0.15) is 0 Å². The Kier molecular flexibility index (Phi) is 6.51. The van der Waals surface area contributed by atoms with Crippen LogP contribution in [-0.2, 0) is 4.79 Å². The van der Waals surface area contributed by atoms with Gasteiger partial charge in [0.25, 0.3) is 0 Å². The molecule has 0 aromatic heterocycles. The molecule has 0 spiro atoms. The largest absolute Gasteiger partial charge is 0.390 e. The van der Waals surface area contributed by atoms with E-state index in [2.05, 4.69) is 34.6 Å². The molecular formula is C28H48O5. The van der Waals surface area contributed by atoms with E-state index >= 15 is 0 Å². The van der Waals surface area contributed by atoms with Crippen molar-refractivity contribution in [2.75, 3.05) is 0 Å². The third-order valence-corrected chi connectivity index (χ3v) is 11.5. The van der Waals surface area contributed by atoms with Crippen molar-refractivity contribution >= 4 is 5.78 Å². The van der Waals surface area contributed by atoms with Gasteiger partial charge in [-0.25, -0.2) is 0 Å². The van der Waals surface area contributed by atoms with Crippen molar-refractivity contribution in [1.82, 2.24) is 0 Å². The summed E-state index contributed by atoms with van der Waals surface area (Å²) < 4.78 is 8.13. The van der Waals surface area contributed by atoms with Gasteiger partial charge in [0.1, 0.15) is 5.78 Å². The monoisotopic (exact) mass is 465 g/mol. The molecule has 4 fully saturated rings. The Morgan fingerprint density at radius 3 is 2.24 bits per heavy atom. The van der Waals surface area contributed by atoms with E-state index in [1.165, 1.54) is 0 Å². The number of aliphatic hydroxyl groups is 4. The van der Waals surface area contributed by atoms with Crippen LogP contribution in [0.25, 0.3) is 0 Å². The van der Waals surface area contributed by atoms with Crippen LogP contribution in [0.2, 0.25) is 0 Å². The van der Waals surface area contributed by atoms with Gasteiger partial charge in [0, 0.05) is 12.3 Å². The van der Waals surface area contributed by atoms with Crippen LogP contribution in [0, 0.1) is 58.2 Å². The molecule has 4 saturated carbocycles. The first kappa shape index (κ1) is 24.2. The molecule has 0 bridgehead atoms. The van der Waals surface area contributed by atoms with Gasteiger partial charge in [-0.3, -0.25) is 4.79 Å². The number of rotatable bonds is 5. The fraction of sp³-hybridized carbons (Fsp3) is 0.964. The molecule has 4 rings (SSSR count). The quantitative estimate of drug-likeness (QED) is 0.495. The molecule has 0 heterocycles. The summed E-state index contributed by atoms with van der Waals surface area (Å²) in [7, 11) is 0. The molecule has 190 valence electrons. The molecule has 4 aliphatic rings. The van der Waals surface area contributed by atoms with Crippen LogP contribution in [0.15, 0.2) is 0 Å². The molecule has 4 aliphatic carbocycles. The molecule has 5 nitrogen and oxygen atoms in total. The zero-order chi connectivity index (χ0) is 25.4. The highest BCUT2D eigenvalue weighted by Gasteiger charge is 2.63. The molecule has 0 radical (unpaired) electrons. The van der Waals surface area contributed by atoms with Crippen molar-refractivity contribution in [1.29, 1.82) is 0 Å². The lowest BCUT2D eigenvalue weighted by molar-refractivity contribution is -0.175. The van der Waals surface area contributed by atoms with E-state index in [4.69, 9.17) is 1.37 Å². The number of carbonyl (C=O) groups excluding carboxylic acids is 1. The van der Waals surface area contributed by atoms with Gasteiger partial charge in [-0.15, -0.1) is 0 Å². The molecule has 0 saturated heterocycles. The minimum atomic E-state index is -1.94. The predicted molar refractivity (Wildman–Crippen MR) is 128 cm³/mol. The highest BCUT2D eigenvalue weighted by atomic mass is 16.3. The molecule has 0 amide bonds. The number of ketones is 1. The highest BCUT2D eigenvalue weighted by molar-refractivity contribution is 5.83. The van der Waals surface area contributed by atoms with E-state index in [0.717, 1.165) is 25.7 Å². The van der Waals surface area contributed by atoms with Crippen LogP contribution in [-0.4, -0.2) is 50.6 Å². The summed E-state index contributed by atoms with van der Waals surface area (Å²) in [4.78, 5) is 13.4. The summed E-state index contributed by atoms with van der Waals surface area (Å²) in [5, 5.41) is 43.0. The van der Waals surface area contributed by atoms with Gasteiger partial charge >= 0.3 is 0 Å². The Labute approximate surface area is 201 Å². The molecule has 33 heavy (non-hydrogen) atoms. The molecule has 5 heteroatoms. The molecular weight excluding hydrogens is 416 g/mol. The fourth-order valence-electron chi connectivity index (χ4n) is 9.07. The zero-order valence-corrected chi connectivity index (χ0v) is 21.5. The lowest BCUT2D eigenvalue weighted by atomic mass is 9.44. The summed E-state index contributed by atoms with van der Waals surface area (Å²) in [6, 6.07) is 0. The van der Waals surface area contributed by atoms with E-state index in [0.29, 0.717) is 36.5 Å². The number of Topliss-reactive ketones (excluding diaryl/α,β-unsaturated/α-hetero) is 1. The second kappa shape index (κ2) is 8.87. The van der Waals surface area contributed by atoms with Gasteiger partial charge in [0.2, 0.25) is 0 Å². The van der Waals surface area contributed by atoms with Crippen molar-refractivity contribution in [3.63, 3.8) is 0 Å². The van der Waals surface area contributed by atoms with Crippen LogP contribution in [0.1, 0.15) is 87.9 Å². The lowest BCUT2D eigenvalue weighted by Gasteiger charge is -2.61. The van der Waals surface area contributed by atoms with Gasteiger partial charge in [-0.05, 0) is 90.8 Å². The smallest absolute Gasteiger partial charge is 0.136 e. The third-order valence-electron chi connectivity index (χ3n) is 11.5. The standard InChI is InChI=1S/C28H48O5/c1-14(2)15(3)25(32)26(33)16(4)18-7-8-19-17-11-22(29)21-12-23(30)24(31)13-28(21,6)20(17)9-10-27(18,19)5/h14-21,23-26,30-33H,7-13H2,1-6H3/t15-,16+,17+,18-,19+,20+,21-,23+,24-,25-,26-,27-,28-/m1/s1/i23D. The van der Waals surface area contributed by atoms with Gasteiger partial charge < -0.3 is 20.4 Å². The second-order valence-corrected chi connectivity index (χ2v) is 13.2. The zero-order valence-electron chi connectivity index (χ0n) is 22.5. The van der Waals surface area contributed by atoms with E-state index in [9.17, 15) is 25.2 Å². The first-order valence-electron chi connectivity index (χ1n) is 13.9. The maximum absolute atomic E-state index is 13.4. The van der Waals surface area contributed by atoms with E-state index in [1.54, 1.807) is 0 Å². The SMILES string of the molecule is [2H][C@]1(O)C[C@@H]2C(=O)C[C@@H]3[C@H](CC[C@]4(C)[C@@H]([C@H](C)[C@@H](O)[C@H](O)[C@H](C)C(C)C)CC[C@@H]34)[C@@]2(C)C[C@H]1O. The highest BCUT2D eigenvalue weighted by Crippen LogP contribution is 2.67. The molecule has 0 aromatic rings. The van der Waals surface area contributed by atoms with Crippen LogP contribution in [0.3, 0.4) is 0 Å². The average Bonchev–Trinajstić information content (AvgIpc) is 3.11. The maximum atomic E-state index is 13.4. The van der Waals surface area contributed by atoms with Crippen LogP contribution >= 0.6 is 0 Å². The summed E-state index contributed by atoms with van der Waals surface area (Å²) >= 11 is 0. The summed E-state index contributed by atoms with van der Waals surface area (Å²) in [6.07, 6.45) is 0.346. The summed E-state index contributed by atoms with van der Waals surface area (Å²) in [6.45, 7) is 12.7. The Bertz CT molecular complexity index is 785. The maximum Gasteiger partial charge on any atom is 0.136 e. The number of hydrogen-bond acceptors (Lipinski definition) is 5. The average molecular weight is 466 g/mol. The number of carbonyl (C=O) groups is 1. The predicted octanol–water partition coefficient (Wildman–Crippen LogP) is 3.81. The van der Waals surface area contributed by atoms with Gasteiger partial charge in [0.15, 0.2) is 0 Å². The molecule has 0 aromatic carbocycles. The van der Waals surface area contributed by atoms with Crippen LogP contribution < -0.4 is 0 Å². The van der Waals surface area contributed by atoms with Gasteiger partial charge in [0.05, 0.1) is 25.8 Å². The molecule has 13 atom stereocenters. The minimum absolute atomic E-state index is 0.0137. The minimum Gasteiger partial charge on any atom is -0.390 e. The van der Waals surface area contributed by atoms with Crippen molar-refractivity contribution in [2.24, 2.45) is 58.2 Å². The van der Waals surface area contributed by atoms with Crippen LogP contribution in [0.5, 0.6) is 0 Å². The number of fused-ring (bicyclic) bond motifs is 5. The molecule has 0 unspecified atom stereocenters. The second-order valence-electron chi connectivity index (χ2n) is 13.2. The summed E-state index contributed by atoms with van der Waals surface area (Å²) in [5.41, 5.74) is -0.352. The Morgan fingerprint density at radius 2 is 1.61 bits per heavy atom. The third kappa shape index (κ3) is 3.93.